The van der Waals surface area contributed by atoms with Crippen LogP contribution in [-0.4, -0.2) is 19.8 Å². The summed E-state index contributed by atoms with van der Waals surface area (Å²) in [5.74, 6) is 0. The van der Waals surface area contributed by atoms with Gasteiger partial charge in [-0.1, -0.05) is 0 Å². The van der Waals surface area contributed by atoms with Crippen molar-refractivity contribution in [3.8, 4) is 0 Å². The van der Waals surface area contributed by atoms with Crippen molar-refractivity contribution < 1.29 is 4.84 Å². The molecule has 0 fully saturated rings. The van der Waals surface area contributed by atoms with Gasteiger partial charge in [-0.15, -0.1) is 0 Å². The molecule has 0 amide bonds. The van der Waals surface area contributed by atoms with Crippen LogP contribution >= 0.6 is 0 Å². The van der Waals surface area contributed by atoms with E-state index in [1.165, 1.54) is 0 Å². The maximum Gasteiger partial charge on any atom is 0.116 e. The number of nitrogens with one attached hydrogen (secondary N) is 1. The fourth-order valence-corrected chi connectivity index (χ4v) is 0.190. The van der Waals surface area contributed by atoms with E-state index < -0.39 is 0 Å². The molecular weight excluding hydrogens is 94.1 g/mol. The van der Waals surface area contributed by atoms with Crippen molar-refractivity contribution >= 4 is 0 Å². The Morgan fingerprint density at radius 1 is 1.43 bits per heavy atom. The van der Waals surface area contributed by atoms with Crippen molar-refractivity contribution in [2.75, 3.05) is 19.8 Å². The molecule has 0 rings (SSSR count). The van der Waals surface area contributed by atoms with Crippen LogP contribution in [0.4, 0.5) is 0 Å². The number of hydrogen-bond donors (Lipinski definition) is 3. The molecule has 0 unspecified atom stereocenters. The number of rotatable bonds is 4. The molecule has 4 heteroatoms. The highest BCUT2D eigenvalue weighted by Crippen LogP contribution is 1.52. The SMILES string of the molecule is NCCNOCN. The van der Waals surface area contributed by atoms with Crippen molar-refractivity contribution in [3.63, 3.8) is 0 Å². The largest absolute Gasteiger partial charge is 0.329 e. The molecular formula is C3H11N3O. The van der Waals surface area contributed by atoms with Gasteiger partial charge in [-0.05, 0) is 0 Å². The first kappa shape index (κ1) is 6.84. The lowest BCUT2D eigenvalue weighted by molar-refractivity contribution is 0.0480. The Kier molecular flexibility index (Phi) is 5.71. The van der Waals surface area contributed by atoms with Gasteiger partial charge >= 0.3 is 0 Å². The van der Waals surface area contributed by atoms with Crippen LogP contribution in [0.3, 0.4) is 0 Å². The van der Waals surface area contributed by atoms with Gasteiger partial charge in [0.05, 0.1) is 0 Å². The Bertz CT molecular complexity index is 29.4. The van der Waals surface area contributed by atoms with Gasteiger partial charge in [-0.2, -0.15) is 5.48 Å². The summed E-state index contributed by atoms with van der Waals surface area (Å²) in [6.45, 7) is 1.41. The van der Waals surface area contributed by atoms with Crippen LogP contribution in [-0.2, 0) is 4.84 Å². The first-order valence-electron chi connectivity index (χ1n) is 2.16. The first-order chi connectivity index (χ1) is 3.41. The summed E-state index contributed by atoms with van der Waals surface area (Å²) in [5.41, 5.74) is 12.6. The van der Waals surface area contributed by atoms with Crippen molar-refractivity contribution in [1.82, 2.24) is 5.48 Å². The standard InChI is InChI=1S/C3H11N3O/c4-1-2-6-7-3-5/h6H,1-5H2. The van der Waals surface area contributed by atoms with E-state index in [0.717, 1.165) is 0 Å². The molecule has 5 N–H and O–H groups in total. The average Bonchev–Trinajstić information content (AvgIpc) is 1.69. The Morgan fingerprint density at radius 2 is 2.14 bits per heavy atom. The number of hydroxylamine groups is 1. The zero-order valence-corrected chi connectivity index (χ0v) is 4.18. The molecule has 0 aromatic heterocycles. The van der Waals surface area contributed by atoms with Gasteiger partial charge in [0.1, 0.15) is 6.73 Å². The van der Waals surface area contributed by atoms with Crippen molar-refractivity contribution in [1.29, 1.82) is 0 Å². The summed E-state index contributed by atoms with van der Waals surface area (Å²) >= 11 is 0. The maximum absolute atomic E-state index is 5.09. The predicted octanol–water partition coefficient (Wildman–Crippen LogP) is -1.62. The predicted molar refractivity (Wildman–Crippen MR) is 27.2 cm³/mol. The fraction of sp³-hybridized carbons (Fsp3) is 1.00. The van der Waals surface area contributed by atoms with Crippen LogP contribution < -0.4 is 16.9 Å². The van der Waals surface area contributed by atoms with E-state index in [4.69, 9.17) is 11.5 Å². The highest BCUT2D eigenvalue weighted by Gasteiger charge is 1.75. The minimum absolute atomic E-state index is 0.194. The second-order valence-electron chi connectivity index (χ2n) is 0.994. The van der Waals surface area contributed by atoms with Crippen molar-refractivity contribution in [2.24, 2.45) is 11.5 Å². The van der Waals surface area contributed by atoms with Crippen LogP contribution in [0.2, 0.25) is 0 Å². The van der Waals surface area contributed by atoms with Gasteiger partial charge in [-0.3, -0.25) is 4.84 Å². The molecule has 0 radical (unpaired) electrons. The summed E-state index contributed by atoms with van der Waals surface area (Å²) in [5, 5.41) is 0. The zero-order valence-electron chi connectivity index (χ0n) is 4.18. The topological polar surface area (TPSA) is 73.3 Å². The van der Waals surface area contributed by atoms with Crippen LogP contribution in [0.1, 0.15) is 0 Å². The average molecular weight is 105 g/mol. The summed E-state index contributed by atoms with van der Waals surface area (Å²) < 4.78 is 0. The number of hydrogen-bond acceptors (Lipinski definition) is 4. The summed E-state index contributed by atoms with van der Waals surface area (Å²) in [6.07, 6.45) is 0. The van der Waals surface area contributed by atoms with E-state index in [2.05, 4.69) is 10.3 Å². The number of nitrogens with two attached hydrogens (primary N) is 2. The van der Waals surface area contributed by atoms with E-state index in [1.54, 1.807) is 0 Å². The third-order valence-electron chi connectivity index (χ3n) is 0.432. The third-order valence-corrected chi connectivity index (χ3v) is 0.432. The van der Waals surface area contributed by atoms with Crippen LogP contribution in [0.15, 0.2) is 0 Å². The second-order valence-corrected chi connectivity index (χ2v) is 0.994. The van der Waals surface area contributed by atoms with E-state index in [9.17, 15) is 0 Å². The molecule has 0 atom stereocenters. The minimum atomic E-state index is 0.194. The molecule has 0 aliphatic heterocycles. The molecule has 44 valence electrons. The highest BCUT2D eigenvalue weighted by molar-refractivity contribution is 4.30. The Hall–Kier alpha value is -0.160. The van der Waals surface area contributed by atoms with Gasteiger partial charge in [0.25, 0.3) is 0 Å². The van der Waals surface area contributed by atoms with E-state index >= 15 is 0 Å². The van der Waals surface area contributed by atoms with Gasteiger partial charge in [0.2, 0.25) is 0 Å². The molecule has 0 spiro atoms. The first-order valence-corrected chi connectivity index (χ1v) is 2.16. The molecule has 0 aromatic rings. The van der Waals surface area contributed by atoms with Crippen LogP contribution in [0.5, 0.6) is 0 Å². The van der Waals surface area contributed by atoms with E-state index in [1.807, 2.05) is 0 Å². The molecule has 0 bridgehead atoms. The lowest BCUT2D eigenvalue weighted by Gasteiger charge is -1.97. The Labute approximate surface area is 42.8 Å². The molecule has 4 nitrogen and oxygen atoms in total. The lowest BCUT2D eigenvalue weighted by Crippen LogP contribution is -2.25. The molecule has 0 aromatic carbocycles. The van der Waals surface area contributed by atoms with E-state index in [0.29, 0.717) is 13.1 Å². The van der Waals surface area contributed by atoms with Crippen molar-refractivity contribution in [3.05, 3.63) is 0 Å². The van der Waals surface area contributed by atoms with Crippen molar-refractivity contribution in [2.45, 2.75) is 0 Å². The maximum atomic E-state index is 5.09. The Balaban J connectivity index is 2.45. The van der Waals surface area contributed by atoms with Crippen LogP contribution in [0, 0.1) is 0 Å². The summed E-state index contributed by atoms with van der Waals surface area (Å²) in [6, 6.07) is 0. The quantitative estimate of drug-likeness (QED) is 0.228. The normalized spacial score (nSPS) is 9.43. The molecule has 0 saturated heterocycles. The molecule has 7 heavy (non-hydrogen) atoms. The van der Waals surface area contributed by atoms with E-state index in [-0.39, 0.29) is 6.73 Å². The second kappa shape index (κ2) is 5.84. The Morgan fingerprint density at radius 3 is 2.57 bits per heavy atom. The monoisotopic (exact) mass is 105 g/mol. The summed E-state index contributed by atoms with van der Waals surface area (Å²) in [7, 11) is 0. The molecule has 0 aliphatic rings. The minimum Gasteiger partial charge on any atom is -0.329 e. The summed E-state index contributed by atoms with van der Waals surface area (Å²) in [4.78, 5) is 4.52. The zero-order chi connectivity index (χ0) is 5.54. The van der Waals surface area contributed by atoms with Gasteiger partial charge in [-0.25, -0.2) is 0 Å². The third kappa shape index (κ3) is 5.84. The lowest BCUT2D eigenvalue weighted by atomic mass is 10.7. The molecule has 0 aliphatic carbocycles. The van der Waals surface area contributed by atoms with Gasteiger partial charge < -0.3 is 11.5 Å². The smallest absolute Gasteiger partial charge is 0.116 e. The highest BCUT2D eigenvalue weighted by atomic mass is 16.6. The molecule has 0 saturated carbocycles. The van der Waals surface area contributed by atoms with Gasteiger partial charge in [0, 0.05) is 13.1 Å². The fourth-order valence-electron chi connectivity index (χ4n) is 0.190. The molecule has 0 heterocycles. The van der Waals surface area contributed by atoms with Gasteiger partial charge in [0.15, 0.2) is 0 Å². The van der Waals surface area contributed by atoms with Crippen LogP contribution in [0.25, 0.3) is 0 Å².